The molecule has 1 fully saturated rings. The molecule has 5 nitrogen and oxygen atoms in total. The van der Waals surface area contributed by atoms with Gasteiger partial charge in [-0.2, -0.15) is 0 Å². The molecular weight excluding hydrogens is 314 g/mol. The number of para-hydroxylation sites is 1. The third kappa shape index (κ3) is 3.47. The van der Waals surface area contributed by atoms with Crippen LogP contribution in [-0.4, -0.2) is 59.3 Å². The van der Waals surface area contributed by atoms with E-state index < -0.39 is 0 Å². The second-order valence-electron chi connectivity index (χ2n) is 6.93. The van der Waals surface area contributed by atoms with Crippen molar-refractivity contribution in [2.45, 2.75) is 32.7 Å². The average molecular weight is 341 g/mol. The molecule has 3 rings (SSSR count). The number of Topliss-reactive ketones (excluding diaryl/α,β-unsaturated/α-hetero) is 1. The lowest BCUT2D eigenvalue weighted by Crippen LogP contribution is -2.39. The van der Waals surface area contributed by atoms with Crippen LogP contribution in [0, 0.1) is 0 Å². The lowest BCUT2D eigenvalue weighted by Gasteiger charge is -2.27. The highest BCUT2D eigenvalue weighted by Gasteiger charge is 2.27. The van der Waals surface area contributed by atoms with Gasteiger partial charge in [0.2, 0.25) is 5.91 Å². The van der Waals surface area contributed by atoms with Crippen LogP contribution in [0.2, 0.25) is 0 Å². The summed E-state index contributed by atoms with van der Waals surface area (Å²) in [6.07, 6.45) is 3.58. The number of nitrogens with zero attached hydrogens (tertiary/aromatic N) is 3. The van der Waals surface area contributed by atoms with Crippen LogP contribution in [0.4, 0.5) is 0 Å². The van der Waals surface area contributed by atoms with Crippen molar-refractivity contribution in [2.75, 3.05) is 33.2 Å². The smallest absolute Gasteiger partial charge is 0.245 e. The molecular formula is C20H27N3O2. The molecule has 1 aromatic carbocycles. The normalized spacial score (nSPS) is 17.5. The fraction of sp³-hybridized carbons (Fsp3) is 0.500. The first-order valence-electron chi connectivity index (χ1n) is 9.10. The van der Waals surface area contributed by atoms with Gasteiger partial charge in [0.15, 0.2) is 5.78 Å². The van der Waals surface area contributed by atoms with E-state index in [1.807, 2.05) is 46.9 Å². The molecule has 0 spiro atoms. The van der Waals surface area contributed by atoms with Crippen molar-refractivity contribution < 1.29 is 9.59 Å². The number of ketones is 1. The Morgan fingerprint density at radius 1 is 1.12 bits per heavy atom. The van der Waals surface area contributed by atoms with E-state index in [0.29, 0.717) is 12.0 Å². The molecule has 0 bridgehead atoms. The van der Waals surface area contributed by atoms with Crippen LogP contribution < -0.4 is 0 Å². The number of amides is 1. The average Bonchev–Trinajstić information content (AvgIpc) is 2.84. The van der Waals surface area contributed by atoms with Crippen molar-refractivity contribution in [3.8, 4) is 0 Å². The van der Waals surface area contributed by atoms with E-state index in [9.17, 15) is 9.59 Å². The Labute approximate surface area is 149 Å². The number of benzene rings is 1. The molecule has 1 amide bonds. The largest absolute Gasteiger partial charge is 0.340 e. The molecule has 25 heavy (non-hydrogen) atoms. The van der Waals surface area contributed by atoms with Gasteiger partial charge in [-0.05, 0) is 39.4 Å². The maximum Gasteiger partial charge on any atom is 0.245 e. The summed E-state index contributed by atoms with van der Waals surface area (Å²) in [7, 11) is 2.10. The zero-order valence-electron chi connectivity index (χ0n) is 15.4. The van der Waals surface area contributed by atoms with Gasteiger partial charge in [-0.15, -0.1) is 0 Å². The monoisotopic (exact) mass is 341 g/mol. The highest BCUT2D eigenvalue weighted by molar-refractivity contribution is 6.07. The predicted octanol–water partition coefficient (Wildman–Crippen LogP) is 2.96. The van der Waals surface area contributed by atoms with Crippen LogP contribution in [0.25, 0.3) is 10.9 Å². The third-order valence-corrected chi connectivity index (χ3v) is 5.16. The minimum absolute atomic E-state index is 0.0358. The number of carbonyl (C=O) groups is 2. The summed E-state index contributed by atoms with van der Waals surface area (Å²) in [5.74, 6) is 0.197. The van der Waals surface area contributed by atoms with E-state index in [1.165, 1.54) is 0 Å². The SMILES string of the molecule is CCC(C(=O)N1CCCN(C)CC1)n1cc(C(C)=O)c2ccccc21. The highest BCUT2D eigenvalue weighted by atomic mass is 16.2. The number of hydrogen-bond acceptors (Lipinski definition) is 3. The second-order valence-corrected chi connectivity index (χ2v) is 6.93. The second kappa shape index (κ2) is 7.40. The molecule has 1 aromatic heterocycles. The van der Waals surface area contributed by atoms with E-state index >= 15 is 0 Å². The topological polar surface area (TPSA) is 45.6 Å². The van der Waals surface area contributed by atoms with Crippen LogP contribution >= 0.6 is 0 Å². The molecule has 0 N–H and O–H groups in total. The first-order valence-corrected chi connectivity index (χ1v) is 9.10. The summed E-state index contributed by atoms with van der Waals surface area (Å²) in [5, 5.41) is 0.928. The van der Waals surface area contributed by atoms with Gasteiger partial charge < -0.3 is 14.4 Å². The van der Waals surface area contributed by atoms with Crippen LogP contribution in [-0.2, 0) is 4.79 Å². The Kier molecular flexibility index (Phi) is 5.23. The first-order chi connectivity index (χ1) is 12.0. The number of rotatable bonds is 4. The van der Waals surface area contributed by atoms with Crippen LogP contribution in [0.15, 0.2) is 30.5 Å². The predicted molar refractivity (Wildman–Crippen MR) is 100.0 cm³/mol. The Morgan fingerprint density at radius 3 is 2.60 bits per heavy atom. The van der Waals surface area contributed by atoms with E-state index in [2.05, 4.69) is 11.9 Å². The molecule has 0 aliphatic carbocycles. The molecule has 0 radical (unpaired) electrons. The van der Waals surface area contributed by atoms with E-state index in [0.717, 1.165) is 43.5 Å². The van der Waals surface area contributed by atoms with Gasteiger partial charge in [-0.3, -0.25) is 9.59 Å². The molecule has 2 aromatic rings. The van der Waals surface area contributed by atoms with E-state index in [4.69, 9.17) is 0 Å². The fourth-order valence-electron chi connectivity index (χ4n) is 3.71. The summed E-state index contributed by atoms with van der Waals surface area (Å²) in [6.45, 7) is 7.13. The number of fused-ring (bicyclic) bond motifs is 1. The zero-order chi connectivity index (χ0) is 18.0. The zero-order valence-corrected chi connectivity index (χ0v) is 15.4. The summed E-state index contributed by atoms with van der Waals surface area (Å²) < 4.78 is 2.00. The number of carbonyl (C=O) groups excluding carboxylic acids is 2. The molecule has 5 heteroatoms. The number of hydrogen-bond donors (Lipinski definition) is 0. The maximum atomic E-state index is 13.2. The van der Waals surface area contributed by atoms with Crippen molar-refractivity contribution in [1.82, 2.24) is 14.4 Å². The molecule has 2 heterocycles. The molecule has 1 aliphatic rings. The minimum atomic E-state index is -0.263. The lowest BCUT2D eigenvalue weighted by molar-refractivity contribution is -0.134. The summed E-state index contributed by atoms with van der Waals surface area (Å²) in [4.78, 5) is 29.5. The van der Waals surface area contributed by atoms with Gasteiger partial charge in [0.1, 0.15) is 6.04 Å². The van der Waals surface area contributed by atoms with Crippen molar-refractivity contribution in [2.24, 2.45) is 0 Å². The van der Waals surface area contributed by atoms with Gasteiger partial charge >= 0.3 is 0 Å². The fourth-order valence-corrected chi connectivity index (χ4v) is 3.71. The molecule has 1 atom stereocenters. The van der Waals surface area contributed by atoms with Crippen molar-refractivity contribution >= 4 is 22.6 Å². The van der Waals surface area contributed by atoms with Crippen molar-refractivity contribution in [3.63, 3.8) is 0 Å². The summed E-state index contributed by atoms with van der Waals surface area (Å²) in [6, 6.07) is 7.59. The Morgan fingerprint density at radius 2 is 1.88 bits per heavy atom. The molecule has 1 aliphatic heterocycles. The Bertz CT molecular complexity index is 780. The quantitative estimate of drug-likeness (QED) is 0.803. The van der Waals surface area contributed by atoms with Gasteiger partial charge in [-0.25, -0.2) is 0 Å². The van der Waals surface area contributed by atoms with Crippen molar-refractivity contribution in [3.05, 3.63) is 36.0 Å². The van der Waals surface area contributed by atoms with E-state index in [-0.39, 0.29) is 17.7 Å². The Balaban J connectivity index is 1.97. The van der Waals surface area contributed by atoms with Gasteiger partial charge in [-0.1, -0.05) is 25.1 Å². The van der Waals surface area contributed by atoms with E-state index in [1.54, 1.807) is 6.92 Å². The highest BCUT2D eigenvalue weighted by Crippen LogP contribution is 2.28. The standard InChI is InChI=1S/C20H27N3O2/c1-4-18(20(25)22-11-7-10-21(3)12-13-22)23-14-17(15(2)24)16-8-5-6-9-19(16)23/h5-6,8-9,14,18H,4,7,10-13H2,1-3H3. The minimum Gasteiger partial charge on any atom is -0.340 e. The third-order valence-electron chi connectivity index (χ3n) is 5.16. The maximum absolute atomic E-state index is 13.2. The molecule has 134 valence electrons. The van der Waals surface area contributed by atoms with Crippen LogP contribution in [0.5, 0.6) is 0 Å². The molecule has 0 saturated carbocycles. The van der Waals surface area contributed by atoms with Gasteiger partial charge in [0.25, 0.3) is 0 Å². The Hall–Kier alpha value is -2.14. The summed E-state index contributed by atoms with van der Waals surface area (Å²) in [5.41, 5.74) is 1.65. The van der Waals surface area contributed by atoms with Gasteiger partial charge in [0, 0.05) is 42.3 Å². The number of aromatic nitrogens is 1. The van der Waals surface area contributed by atoms with Crippen LogP contribution in [0.3, 0.4) is 0 Å². The molecule has 1 unspecified atom stereocenters. The van der Waals surface area contributed by atoms with Gasteiger partial charge in [0.05, 0.1) is 0 Å². The lowest BCUT2D eigenvalue weighted by atomic mass is 10.1. The first kappa shape index (κ1) is 17.7. The van der Waals surface area contributed by atoms with Crippen molar-refractivity contribution in [1.29, 1.82) is 0 Å². The molecule has 1 saturated heterocycles. The van der Waals surface area contributed by atoms with Crippen LogP contribution in [0.1, 0.15) is 43.1 Å². The number of likely N-dealkylation sites (N-methyl/N-ethyl adjacent to an activating group) is 1. The summed E-state index contributed by atoms with van der Waals surface area (Å²) >= 11 is 0.